The van der Waals surface area contributed by atoms with Gasteiger partial charge in [0.25, 0.3) is 0 Å². The Labute approximate surface area is 126 Å². The fraction of sp³-hybridized carbons (Fsp3) is 0.250. The average Bonchev–Trinajstić information content (AvgIpc) is 2.97. The fourth-order valence-electron chi connectivity index (χ4n) is 2.20. The largest absolute Gasteiger partial charge is 0.370 e. The molecule has 108 valence electrons. The van der Waals surface area contributed by atoms with Gasteiger partial charge in [-0.1, -0.05) is 6.92 Å². The van der Waals surface area contributed by atoms with Gasteiger partial charge in [-0.2, -0.15) is 0 Å². The van der Waals surface area contributed by atoms with Gasteiger partial charge in [0.15, 0.2) is 5.82 Å². The van der Waals surface area contributed by atoms with Gasteiger partial charge >= 0.3 is 0 Å². The van der Waals surface area contributed by atoms with E-state index in [1.54, 1.807) is 17.4 Å². The van der Waals surface area contributed by atoms with Gasteiger partial charge < -0.3 is 5.32 Å². The molecule has 0 saturated carbocycles. The minimum atomic E-state index is -0.276. The molecule has 0 aliphatic heterocycles. The molecule has 0 spiro atoms. The van der Waals surface area contributed by atoms with Crippen LogP contribution in [0.5, 0.6) is 0 Å². The number of rotatable bonds is 4. The maximum atomic E-state index is 13.4. The van der Waals surface area contributed by atoms with E-state index in [4.69, 9.17) is 0 Å². The minimum Gasteiger partial charge on any atom is -0.370 e. The van der Waals surface area contributed by atoms with E-state index in [1.165, 1.54) is 17.0 Å². The zero-order valence-corrected chi connectivity index (χ0v) is 12.8. The number of hydrogen-bond donors (Lipinski definition) is 1. The van der Waals surface area contributed by atoms with Crippen molar-refractivity contribution in [3.63, 3.8) is 0 Å². The summed E-state index contributed by atoms with van der Waals surface area (Å²) in [6.45, 7) is 4.85. The molecule has 0 amide bonds. The lowest BCUT2D eigenvalue weighted by Gasteiger charge is -2.08. The molecular formula is C16H16FN3S. The first-order valence-electron chi connectivity index (χ1n) is 7.01. The molecular weight excluding hydrogens is 285 g/mol. The smallest absolute Gasteiger partial charge is 0.172 e. The number of thiophene rings is 1. The number of nitrogens with one attached hydrogen (secondary N) is 1. The van der Waals surface area contributed by atoms with Crippen molar-refractivity contribution >= 4 is 28.1 Å². The predicted octanol–water partition coefficient (Wildman–Crippen LogP) is 4.49. The van der Waals surface area contributed by atoms with Gasteiger partial charge in [-0.25, -0.2) is 14.4 Å². The van der Waals surface area contributed by atoms with Gasteiger partial charge in [-0.05, 0) is 43.7 Å². The lowest BCUT2D eigenvalue weighted by Crippen LogP contribution is -2.02. The van der Waals surface area contributed by atoms with Gasteiger partial charge in [0.05, 0.1) is 10.4 Å². The third-order valence-electron chi connectivity index (χ3n) is 3.23. The van der Waals surface area contributed by atoms with Crippen LogP contribution >= 0.6 is 11.3 Å². The molecule has 3 nitrogen and oxygen atoms in total. The second-order valence-electron chi connectivity index (χ2n) is 4.71. The highest BCUT2D eigenvalue weighted by Crippen LogP contribution is 2.30. The predicted molar refractivity (Wildman–Crippen MR) is 86.4 cm³/mol. The number of hydrogen-bond acceptors (Lipinski definition) is 4. The monoisotopic (exact) mass is 301 g/mol. The fourth-order valence-corrected chi connectivity index (χ4v) is 3.08. The van der Waals surface area contributed by atoms with E-state index in [0.29, 0.717) is 17.0 Å². The number of fused-ring (bicyclic) bond motifs is 1. The van der Waals surface area contributed by atoms with Gasteiger partial charge in [0, 0.05) is 16.8 Å². The lowest BCUT2D eigenvalue weighted by molar-refractivity contribution is 0.629. The van der Waals surface area contributed by atoms with Crippen molar-refractivity contribution in [3.05, 3.63) is 41.0 Å². The second-order valence-corrected chi connectivity index (χ2v) is 5.88. The van der Waals surface area contributed by atoms with Gasteiger partial charge in [0.1, 0.15) is 11.6 Å². The third kappa shape index (κ3) is 2.74. The van der Waals surface area contributed by atoms with E-state index in [2.05, 4.69) is 28.3 Å². The van der Waals surface area contributed by atoms with Crippen LogP contribution in [0.3, 0.4) is 0 Å². The van der Waals surface area contributed by atoms with Crippen LogP contribution in [-0.4, -0.2) is 16.5 Å². The van der Waals surface area contributed by atoms with E-state index < -0.39 is 0 Å². The highest BCUT2D eigenvalue weighted by molar-refractivity contribution is 7.15. The molecule has 1 N–H and O–H groups in total. The molecule has 21 heavy (non-hydrogen) atoms. The summed E-state index contributed by atoms with van der Waals surface area (Å²) < 4.78 is 13.4. The topological polar surface area (TPSA) is 37.8 Å². The molecule has 5 heteroatoms. The number of nitrogens with zero attached hydrogens (tertiary/aromatic N) is 2. The molecule has 0 fully saturated rings. The van der Waals surface area contributed by atoms with Crippen molar-refractivity contribution in [3.8, 4) is 10.7 Å². The highest BCUT2D eigenvalue weighted by atomic mass is 32.1. The minimum absolute atomic E-state index is 0.276. The molecule has 0 aliphatic carbocycles. The van der Waals surface area contributed by atoms with E-state index in [0.717, 1.165) is 23.4 Å². The lowest BCUT2D eigenvalue weighted by atomic mass is 10.2. The second kappa shape index (κ2) is 5.77. The van der Waals surface area contributed by atoms with E-state index in [9.17, 15) is 4.39 Å². The van der Waals surface area contributed by atoms with Gasteiger partial charge in [-0.15, -0.1) is 11.3 Å². The summed E-state index contributed by atoms with van der Waals surface area (Å²) in [4.78, 5) is 11.5. The van der Waals surface area contributed by atoms with Crippen LogP contribution < -0.4 is 5.32 Å². The molecule has 0 unspecified atom stereocenters. The summed E-state index contributed by atoms with van der Waals surface area (Å²) in [5.41, 5.74) is 0.754. The van der Waals surface area contributed by atoms with Gasteiger partial charge in [-0.3, -0.25) is 0 Å². The van der Waals surface area contributed by atoms with E-state index in [-0.39, 0.29) is 5.82 Å². The Morgan fingerprint density at radius 1 is 1.14 bits per heavy atom. The average molecular weight is 301 g/mol. The van der Waals surface area contributed by atoms with Crippen molar-refractivity contribution in [2.45, 2.75) is 20.3 Å². The Kier molecular flexibility index (Phi) is 3.84. The Morgan fingerprint density at radius 2 is 2.00 bits per heavy atom. The quantitative estimate of drug-likeness (QED) is 0.771. The molecule has 3 rings (SSSR count). The maximum absolute atomic E-state index is 13.4. The maximum Gasteiger partial charge on any atom is 0.172 e. The molecule has 0 aliphatic rings. The summed E-state index contributed by atoms with van der Waals surface area (Å²) in [7, 11) is 0. The number of aromatic nitrogens is 2. The summed E-state index contributed by atoms with van der Waals surface area (Å²) in [5, 5.41) is 3.91. The number of aryl methyl sites for hydroxylation is 1. The number of benzene rings is 1. The van der Waals surface area contributed by atoms with Crippen LogP contribution in [0.1, 0.15) is 18.7 Å². The van der Waals surface area contributed by atoms with Crippen molar-refractivity contribution in [1.29, 1.82) is 0 Å². The molecule has 2 heterocycles. The van der Waals surface area contributed by atoms with Crippen molar-refractivity contribution in [2.24, 2.45) is 0 Å². The van der Waals surface area contributed by atoms with Crippen molar-refractivity contribution in [1.82, 2.24) is 9.97 Å². The zero-order chi connectivity index (χ0) is 14.8. The van der Waals surface area contributed by atoms with Crippen LogP contribution in [0.4, 0.5) is 10.2 Å². The van der Waals surface area contributed by atoms with E-state index in [1.807, 2.05) is 13.0 Å². The van der Waals surface area contributed by atoms with Crippen LogP contribution in [0.15, 0.2) is 30.3 Å². The third-order valence-corrected chi connectivity index (χ3v) is 4.46. The summed E-state index contributed by atoms with van der Waals surface area (Å²) in [6.07, 6.45) is 1.00. The Balaban J connectivity index is 2.17. The normalized spacial score (nSPS) is 11.0. The first-order valence-corrected chi connectivity index (χ1v) is 7.83. The van der Waals surface area contributed by atoms with Crippen LogP contribution in [0.2, 0.25) is 0 Å². The molecule has 0 bridgehead atoms. The summed E-state index contributed by atoms with van der Waals surface area (Å²) in [6, 6.07) is 8.75. The van der Waals surface area contributed by atoms with Crippen LogP contribution in [-0.2, 0) is 6.42 Å². The number of halogens is 1. The first-order chi connectivity index (χ1) is 10.2. The first kappa shape index (κ1) is 13.9. The highest BCUT2D eigenvalue weighted by Gasteiger charge is 2.11. The van der Waals surface area contributed by atoms with Crippen molar-refractivity contribution < 1.29 is 4.39 Å². The van der Waals surface area contributed by atoms with Gasteiger partial charge in [0.2, 0.25) is 0 Å². The van der Waals surface area contributed by atoms with Crippen LogP contribution in [0, 0.1) is 5.82 Å². The summed E-state index contributed by atoms with van der Waals surface area (Å²) >= 11 is 1.70. The Morgan fingerprint density at radius 3 is 2.71 bits per heavy atom. The van der Waals surface area contributed by atoms with Crippen molar-refractivity contribution in [2.75, 3.05) is 11.9 Å². The Bertz CT molecular complexity index is 782. The molecule has 0 saturated heterocycles. The molecule has 1 aromatic carbocycles. The number of anilines is 1. The molecule has 3 aromatic rings. The molecule has 0 radical (unpaired) electrons. The van der Waals surface area contributed by atoms with E-state index >= 15 is 0 Å². The summed E-state index contributed by atoms with van der Waals surface area (Å²) in [5.74, 6) is 1.10. The molecule has 0 atom stereocenters. The zero-order valence-electron chi connectivity index (χ0n) is 12.0. The SMILES string of the molecule is CCNc1nc(-c2ccc(CC)s2)nc2ccc(F)cc12. The van der Waals surface area contributed by atoms with Crippen LogP contribution in [0.25, 0.3) is 21.6 Å². The molecule has 2 aromatic heterocycles. The Hall–Kier alpha value is -2.01. The standard InChI is InChI=1S/C16H16FN3S/c1-3-11-6-8-14(21-11)16-19-13-7-5-10(17)9-12(13)15(20-16)18-4-2/h5-9H,3-4H2,1-2H3,(H,18,19,20).